The van der Waals surface area contributed by atoms with Crippen LogP contribution in [0.15, 0.2) is 18.2 Å². The number of ether oxygens (including phenoxy) is 1. The lowest BCUT2D eigenvalue weighted by Crippen LogP contribution is -2.42. The number of nitrogens with zero attached hydrogens (tertiary/aromatic N) is 2. The highest BCUT2D eigenvalue weighted by Gasteiger charge is 2.26. The van der Waals surface area contributed by atoms with Gasteiger partial charge in [0.25, 0.3) is 0 Å². The van der Waals surface area contributed by atoms with E-state index in [1.54, 1.807) is 16.8 Å². The summed E-state index contributed by atoms with van der Waals surface area (Å²) in [6, 6.07) is 5.51. The summed E-state index contributed by atoms with van der Waals surface area (Å²) in [7, 11) is 1.72. The molecule has 3 amide bonds. The van der Waals surface area contributed by atoms with Gasteiger partial charge in [0.15, 0.2) is 0 Å². The number of hydrogen-bond donors (Lipinski definition) is 1. The maximum Gasteiger partial charge on any atom is 0.230 e. The molecule has 0 atom stereocenters. The van der Waals surface area contributed by atoms with Gasteiger partial charge in [0, 0.05) is 26.1 Å². The van der Waals surface area contributed by atoms with Crippen LogP contribution in [0.3, 0.4) is 0 Å². The molecule has 1 aromatic rings. The van der Waals surface area contributed by atoms with Crippen molar-refractivity contribution >= 4 is 23.4 Å². The van der Waals surface area contributed by atoms with Gasteiger partial charge in [0.1, 0.15) is 5.75 Å². The third kappa shape index (κ3) is 3.75. The van der Waals surface area contributed by atoms with Crippen LogP contribution in [0, 0.1) is 5.92 Å². The van der Waals surface area contributed by atoms with Gasteiger partial charge in [-0.2, -0.15) is 0 Å². The van der Waals surface area contributed by atoms with Crippen LogP contribution in [0.2, 0.25) is 0 Å². The first kappa shape index (κ1) is 17.3. The molecule has 2 N–H and O–H groups in total. The Morgan fingerprint density at radius 1 is 1.28 bits per heavy atom. The Kier molecular flexibility index (Phi) is 4.92. The summed E-state index contributed by atoms with van der Waals surface area (Å²) >= 11 is 0. The van der Waals surface area contributed by atoms with Crippen molar-refractivity contribution < 1.29 is 19.1 Å². The van der Waals surface area contributed by atoms with Crippen LogP contribution in [0.1, 0.15) is 24.8 Å². The summed E-state index contributed by atoms with van der Waals surface area (Å²) in [4.78, 5) is 39.1. The predicted molar refractivity (Wildman–Crippen MR) is 92.2 cm³/mol. The van der Waals surface area contributed by atoms with Crippen molar-refractivity contribution in [2.24, 2.45) is 11.7 Å². The van der Waals surface area contributed by atoms with E-state index < -0.39 is 0 Å². The van der Waals surface area contributed by atoms with E-state index in [1.165, 1.54) is 0 Å². The molecular formula is C18H23N3O4. The lowest BCUT2D eigenvalue weighted by molar-refractivity contribution is -0.134. The smallest absolute Gasteiger partial charge is 0.230 e. The Hall–Kier alpha value is -2.57. The Balaban J connectivity index is 1.67. The fourth-order valence-electron chi connectivity index (χ4n) is 3.31. The van der Waals surface area contributed by atoms with Crippen LogP contribution >= 0.6 is 0 Å². The molecule has 0 radical (unpaired) electrons. The molecule has 0 spiro atoms. The molecule has 7 heteroatoms. The fraction of sp³-hybridized carbons (Fsp3) is 0.500. The topological polar surface area (TPSA) is 92.9 Å². The van der Waals surface area contributed by atoms with E-state index in [1.807, 2.05) is 18.2 Å². The standard InChI is InChI=1S/C18H23N3O4/c1-20-14-10-12(2-3-15(14)25-9-6-16(20)22)11-17(23)21-7-4-13(5-8-21)18(19)24/h2-3,10,13H,4-9,11H2,1H3,(H2,19,24). The Morgan fingerprint density at radius 3 is 2.68 bits per heavy atom. The molecule has 3 rings (SSSR count). The van der Waals surface area contributed by atoms with Crippen LogP contribution in [0.25, 0.3) is 0 Å². The maximum atomic E-state index is 12.5. The lowest BCUT2D eigenvalue weighted by Gasteiger charge is -2.30. The normalized spacial score (nSPS) is 18.4. The number of piperidine rings is 1. The fourth-order valence-corrected chi connectivity index (χ4v) is 3.31. The zero-order valence-corrected chi connectivity index (χ0v) is 14.4. The van der Waals surface area contributed by atoms with E-state index in [2.05, 4.69) is 0 Å². The van der Waals surface area contributed by atoms with Gasteiger partial charge < -0.3 is 20.3 Å². The van der Waals surface area contributed by atoms with Gasteiger partial charge in [-0.05, 0) is 30.5 Å². The van der Waals surface area contributed by atoms with Crippen molar-refractivity contribution in [3.8, 4) is 5.75 Å². The van der Waals surface area contributed by atoms with Crippen LogP contribution in [-0.4, -0.2) is 49.4 Å². The number of carbonyl (C=O) groups is 3. The number of fused-ring (bicyclic) bond motifs is 1. The van der Waals surface area contributed by atoms with Crippen LogP contribution in [0.5, 0.6) is 5.75 Å². The third-order valence-electron chi connectivity index (χ3n) is 4.94. The Morgan fingerprint density at radius 2 is 2.00 bits per heavy atom. The van der Waals surface area contributed by atoms with Crippen molar-refractivity contribution in [1.29, 1.82) is 0 Å². The first-order chi connectivity index (χ1) is 12.0. The molecule has 7 nitrogen and oxygen atoms in total. The van der Waals surface area contributed by atoms with E-state index >= 15 is 0 Å². The van der Waals surface area contributed by atoms with E-state index in [4.69, 9.17) is 10.5 Å². The second-order valence-corrected chi connectivity index (χ2v) is 6.59. The Bertz CT molecular complexity index is 696. The number of amides is 3. The molecule has 1 fully saturated rings. The van der Waals surface area contributed by atoms with E-state index in [0.29, 0.717) is 50.4 Å². The van der Waals surface area contributed by atoms with E-state index in [9.17, 15) is 14.4 Å². The second kappa shape index (κ2) is 7.13. The van der Waals surface area contributed by atoms with Crippen molar-refractivity contribution in [3.63, 3.8) is 0 Å². The van der Waals surface area contributed by atoms with Gasteiger partial charge in [0.2, 0.25) is 17.7 Å². The molecule has 2 aliphatic rings. The largest absolute Gasteiger partial charge is 0.491 e. The van der Waals surface area contributed by atoms with E-state index in [0.717, 1.165) is 5.56 Å². The van der Waals surface area contributed by atoms with Crippen molar-refractivity contribution in [2.45, 2.75) is 25.7 Å². The van der Waals surface area contributed by atoms with Crippen molar-refractivity contribution in [3.05, 3.63) is 23.8 Å². The second-order valence-electron chi connectivity index (χ2n) is 6.59. The number of benzene rings is 1. The highest BCUT2D eigenvalue weighted by molar-refractivity contribution is 5.95. The zero-order chi connectivity index (χ0) is 18.0. The van der Waals surface area contributed by atoms with Gasteiger partial charge in [0.05, 0.1) is 25.1 Å². The van der Waals surface area contributed by atoms with Gasteiger partial charge in [-0.3, -0.25) is 14.4 Å². The summed E-state index contributed by atoms with van der Waals surface area (Å²) in [6.07, 6.45) is 1.84. The highest BCUT2D eigenvalue weighted by Crippen LogP contribution is 2.32. The van der Waals surface area contributed by atoms with Gasteiger partial charge in [-0.15, -0.1) is 0 Å². The molecule has 0 aliphatic carbocycles. The van der Waals surface area contributed by atoms with Crippen LogP contribution in [-0.2, 0) is 20.8 Å². The zero-order valence-electron chi connectivity index (χ0n) is 14.4. The van der Waals surface area contributed by atoms with Crippen LogP contribution < -0.4 is 15.4 Å². The quantitative estimate of drug-likeness (QED) is 0.873. The predicted octanol–water partition coefficient (Wildman–Crippen LogP) is 0.698. The summed E-state index contributed by atoms with van der Waals surface area (Å²) in [5, 5.41) is 0. The molecule has 2 heterocycles. The minimum Gasteiger partial charge on any atom is -0.491 e. The molecule has 0 aromatic heterocycles. The molecule has 0 unspecified atom stereocenters. The first-order valence-electron chi connectivity index (χ1n) is 8.55. The monoisotopic (exact) mass is 345 g/mol. The summed E-state index contributed by atoms with van der Waals surface area (Å²) in [5.41, 5.74) is 6.86. The molecule has 25 heavy (non-hydrogen) atoms. The molecule has 1 aromatic carbocycles. The third-order valence-corrected chi connectivity index (χ3v) is 4.94. The number of hydrogen-bond acceptors (Lipinski definition) is 4. The number of carbonyl (C=O) groups excluding carboxylic acids is 3. The summed E-state index contributed by atoms with van der Waals surface area (Å²) in [5.74, 6) is 0.257. The number of anilines is 1. The minimum atomic E-state index is -0.287. The Labute approximate surface area is 146 Å². The molecule has 134 valence electrons. The molecule has 0 bridgehead atoms. The highest BCUT2D eigenvalue weighted by atomic mass is 16.5. The SMILES string of the molecule is CN1C(=O)CCOc2ccc(CC(=O)N3CCC(C(N)=O)CC3)cc21. The molecule has 1 saturated heterocycles. The molecular weight excluding hydrogens is 322 g/mol. The maximum absolute atomic E-state index is 12.5. The van der Waals surface area contributed by atoms with Crippen molar-refractivity contribution in [2.75, 3.05) is 31.6 Å². The molecule has 2 aliphatic heterocycles. The summed E-state index contributed by atoms with van der Waals surface area (Å²) in [6.45, 7) is 1.47. The summed E-state index contributed by atoms with van der Waals surface area (Å²) < 4.78 is 5.60. The minimum absolute atomic E-state index is 0.00393. The number of rotatable bonds is 3. The first-order valence-corrected chi connectivity index (χ1v) is 8.55. The molecule has 0 saturated carbocycles. The number of likely N-dealkylation sites (tertiary alicyclic amines) is 1. The number of nitrogens with two attached hydrogens (primary N) is 1. The average molecular weight is 345 g/mol. The average Bonchev–Trinajstić information content (AvgIpc) is 2.74. The van der Waals surface area contributed by atoms with Crippen molar-refractivity contribution in [1.82, 2.24) is 4.90 Å². The van der Waals surface area contributed by atoms with Gasteiger partial charge in [-0.1, -0.05) is 6.07 Å². The van der Waals surface area contributed by atoms with Gasteiger partial charge in [-0.25, -0.2) is 0 Å². The van der Waals surface area contributed by atoms with Gasteiger partial charge >= 0.3 is 0 Å². The van der Waals surface area contributed by atoms with E-state index in [-0.39, 0.29) is 30.1 Å². The van der Waals surface area contributed by atoms with Crippen LogP contribution in [0.4, 0.5) is 5.69 Å². The number of primary amides is 1. The lowest BCUT2D eigenvalue weighted by atomic mass is 9.96.